The van der Waals surface area contributed by atoms with E-state index in [1.807, 2.05) is 32.0 Å². The maximum Gasteiger partial charge on any atom is 0.341 e. The van der Waals surface area contributed by atoms with Crippen molar-refractivity contribution in [1.29, 1.82) is 0 Å². The molecule has 2 aromatic carbocycles. The van der Waals surface area contributed by atoms with E-state index in [4.69, 9.17) is 16.3 Å². The number of ether oxygens (including phenoxy) is 1. The lowest BCUT2D eigenvalue weighted by molar-refractivity contribution is -0.119. The molecule has 5 rings (SSSR count). The van der Waals surface area contributed by atoms with Crippen LogP contribution in [0.15, 0.2) is 52.5 Å². The highest BCUT2D eigenvalue weighted by molar-refractivity contribution is 8.18. The third kappa shape index (κ3) is 7.01. The molecule has 0 unspecified atom stereocenters. The quantitative estimate of drug-likeness (QED) is 0.270. The molecule has 1 aromatic heterocycles. The van der Waals surface area contributed by atoms with E-state index in [0.717, 1.165) is 48.3 Å². The second-order valence-electron chi connectivity index (χ2n) is 10.6. The molecule has 2 amide bonds. The minimum atomic E-state index is -0.410. The van der Waals surface area contributed by atoms with Crippen molar-refractivity contribution in [3.8, 4) is 0 Å². The Kier molecular flexibility index (Phi) is 9.34. The number of pyridine rings is 1. The summed E-state index contributed by atoms with van der Waals surface area (Å²) in [5, 5.41) is 7.20. The van der Waals surface area contributed by atoms with Crippen LogP contribution in [0.4, 0.5) is 17.1 Å². The molecule has 2 fully saturated rings. The first-order chi connectivity index (χ1) is 20.6. The number of fused-ring (bicyclic) bond motifs is 1. The first kappa shape index (κ1) is 30.5. The maximum atomic E-state index is 12.9. The molecule has 2 aliphatic rings. The van der Waals surface area contributed by atoms with E-state index >= 15 is 0 Å². The van der Waals surface area contributed by atoms with E-state index in [0.29, 0.717) is 32.0 Å². The standard InChI is InChI=1S/C31H33ClN6O4S/c1-5-42-30(41)22-17-33-24-9-6-19(14-21(24)27(22)38-12-10-37(4)11-13-38)15-26-29(40)36-31(43-26)35-25-16-20(7-8-23(25)32)34-28(39)18(2)3/h6-9,14-18H,5,10-13H2,1-4H3,(H,34,39)(H,35,36,40). The summed E-state index contributed by atoms with van der Waals surface area (Å²) in [5.74, 6) is -0.997. The van der Waals surface area contributed by atoms with Crippen LogP contribution in [-0.4, -0.2) is 72.7 Å². The average molecular weight is 621 g/mol. The molecule has 2 saturated heterocycles. The first-order valence-corrected chi connectivity index (χ1v) is 15.3. The summed E-state index contributed by atoms with van der Waals surface area (Å²) >= 11 is 7.56. The minimum Gasteiger partial charge on any atom is -0.462 e. The van der Waals surface area contributed by atoms with Crippen LogP contribution in [-0.2, 0) is 14.3 Å². The molecule has 10 nitrogen and oxygen atoms in total. The van der Waals surface area contributed by atoms with Gasteiger partial charge in [0, 0.05) is 49.4 Å². The first-order valence-electron chi connectivity index (χ1n) is 14.1. The molecule has 224 valence electrons. The third-order valence-corrected chi connectivity index (χ3v) is 8.32. The van der Waals surface area contributed by atoms with Crippen molar-refractivity contribution in [1.82, 2.24) is 15.2 Å². The molecule has 0 atom stereocenters. The van der Waals surface area contributed by atoms with E-state index < -0.39 is 5.97 Å². The van der Waals surface area contributed by atoms with Gasteiger partial charge in [0.2, 0.25) is 5.91 Å². The van der Waals surface area contributed by atoms with Gasteiger partial charge in [-0.1, -0.05) is 31.5 Å². The molecule has 0 radical (unpaired) electrons. The number of thioether (sulfide) groups is 1. The number of aromatic nitrogens is 1. The van der Waals surface area contributed by atoms with Crippen LogP contribution < -0.4 is 15.5 Å². The van der Waals surface area contributed by atoms with Crippen LogP contribution in [0.25, 0.3) is 17.0 Å². The summed E-state index contributed by atoms with van der Waals surface area (Å²) in [4.78, 5) is 52.0. The normalized spacial score (nSPS) is 17.6. The molecule has 0 aliphatic carbocycles. The van der Waals surface area contributed by atoms with Crippen molar-refractivity contribution in [2.24, 2.45) is 10.9 Å². The van der Waals surface area contributed by atoms with Crippen molar-refractivity contribution in [2.75, 3.05) is 50.1 Å². The number of benzene rings is 2. The number of nitrogens with zero attached hydrogens (tertiary/aromatic N) is 4. The Morgan fingerprint density at radius 2 is 1.95 bits per heavy atom. The number of likely N-dealkylation sites (N-methyl/N-ethyl adjacent to an activating group) is 1. The summed E-state index contributed by atoms with van der Waals surface area (Å²) in [7, 11) is 2.08. The molecule has 3 heterocycles. The van der Waals surface area contributed by atoms with Crippen LogP contribution in [0.2, 0.25) is 5.02 Å². The van der Waals surface area contributed by atoms with Gasteiger partial charge in [-0.05, 0) is 67.7 Å². The van der Waals surface area contributed by atoms with Crippen LogP contribution in [0.3, 0.4) is 0 Å². The lowest BCUT2D eigenvalue weighted by atomic mass is 10.0. The summed E-state index contributed by atoms with van der Waals surface area (Å²) in [6.07, 6.45) is 3.37. The van der Waals surface area contributed by atoms with Crippen LogP contribution in [0.1, 0.15) is 36.7 Å². The summed E-state index contributed by atoms with van der Waals surface area (Å²) in [5.41, 5.74) is 3.73. The Balaban J connectivity index is 1.46. The highest BCUT2D eigenvalue weighted by Crippen LogP contribution is 2.35. The number of aliphatic imine (C=N–C) groups is 1. The number of esters is 1. The number of carbonyl (C=O) groups is 3. The van der Waals surface area contributed by atoms with Gasteiger partial charge in [-0.2, -0.15) is 0 Å². The van der Waals surface area contributed by atoms with Gasteiger partial charge in [0.25, 0.3) is 5.91 Å². The number of hydrogen-bond acceptors (Lipinski definition) is 9. The van der Waals surface area contributed by atoms with Gasteiger partial charge in [-0.25, -0.2) is 9.79 Å². The zero-order valence-electron chi connectivity index (χ0n) is 24.4. The van der Waals surface area contributed by atoms with E-state index in [1.165, 1.54) is 11.8 Å². The molecule has 3 aromatic rings. The Bertz CT molecular complexity index is 1650. The molecule has 0 saturated carbocycles. The number of rotatable bonds is 7. The molecule has 2 N–H and O–H groups in total. The predicted octanol–water partition coefficient (Wildman–Crippen LogP) is 5.30. The second kappa shape index (κ2) is 13.2. The van der Waals surface area contributed by atoms with Gasteiger partial charge < -0.3 is 25.2 Å². The predicted molar refractivity (Wildman–Crippen MR) is 173 cm³/mol. The number of piperazine rings is 1. The molecular formula is C31H33ClN6O4S. The number of amides is 2. The van der Waals surface area contributed by atoms with E-state index in [1.54, 1.807) is 37.4 Å². The van der Waals surface area contributed by atoms with Gasteiger partial charge in [0.1, 0.15) is 5.56 Å². The highest BCUT2D eigenvalue weighted by Gasteiger charge is 2.26. The molecular weight excluding hydrogens is 588 g/mol. The number of amidine groups is 1. The van der Waals surface area contributed by atoms with Crippen molar-refractivity contribution >= 4 is 80.4 Å². The third-order valence-electron chi connectivity index (χ3n) is 7.09. The summed E-state index contributed by atoms with van der Waals surface area (Å²) in [6, 6.07) is 10.8. The minimum absolute atomic E-state index is 0.120. The number of anilines is 2. The molecule has 0 bridgehead atoms. The van der Waals surface area contributed by atoms with Gasteiger partial charge in [0.15, 0.2) is 5.17 Å². The molecule has 12 heteroatoms. The van der Waals surface area contributed by atoms with Gasteiger partial charge in [0.05, 0.1) is 33.4 Å². The Labute approximate surface area is 259 Å². The fourth-order valence-electron chi connectivity index (χ4n) is 4.72. The SMILES string of the molecule is CCOC(=O)c1cnc2ccc(C=C3SC(=Nc4cc(NC(=O)C(C)C)ccc4Cl)NC3=O)cc2c1N1CCN(C)CC1. The fourth-order valence-corrected chi connectivity index (χ4v) is 5.71. The van der Waals surface area contributed by atoms with Gasteiger partial charge in [-0.3, -0.25) is 14.6 Å². The molecule has 2 aliphatic heterocycles. The zero-order valence-corrected chi connectivity index (χ0v) is 26.0. The van der Waals surface area contributed by atoms with Crippen LogP contribution in [0, 0.1) is 5.92 Å². The summed E-state index contributed by atoms with van der Waals surface area (Å²) in [6.45, 7) is 8.92. The van der Waals surface area contributed by atoms with Crippen molar-refractivity contribution in [3.63, 3.8) is 0 Å². The smallest absolute Gasteiger partial charge is 0.341 e. The maximum absolute atomic E-state index is 12.9. The topological polar surface area (TPSA) is 116 Å². The number of halogens is 1. The van der Waals surface area contributed by atoms with Crippen LogP contribution >= 0.6 is 23.4 Å². The highest BCUT2D eigenvalue weighted by atomic mass is 35.5. The Hall–Kier alpha value is -3.93. The second-order valence-corrected chi connectivity index (χ2v) is 12.0. The average Bonchev–Trinajstić information content (AvgIpc) is 3.32. The summed E-state index contributed by atoms with van der Waals surface area (Å²) < 4.78 is 5.36. The largest absolute Gasteiger partial charge is 0.462 e. The van der Waals surface area contributed by atoms with Gasteiger partial charge >= 0.3 is 5.97 Å². The van der Waals surface area contributed by atoms with E-state index in [-0.39, 0.29) is 24.3 Å². The van der Waals surface area contributed by atoms with Crippen molar-refractivity contribution in [3.05, 3.63) is 63.6 Å². The van der Waals surface area contributed by atoms with Crippen LogP contribution in [0.5, 0.6) is 0 Å². The lowest BCUT2D eigenvalue weighted by Crippen LogP contribution is -2.45. The fraction of sp³-hybridized carbons (Fsp3) is 0.323. The zero-order chi connectivity index (χ0) is 30.7. The van der Waals surface area contributed by atoms with E-state index in [9.17, 15) is 14.4 Å². The lowest BCUT2D eigenvalue weighted by Gasteiger charge is -2.35. The molecule has 0 spiro atoms. The number of hydrogen-bond donors (Lipinski definition) is 2. The van der Waals surface area contributed by atoms with Crippen molar-refractivity contribution < 1.29 is 19.1 Å². The Morgan fingerprint density at radius 3 is 2.67 bits per heavy atom. The van der Waals surface area contributed by atoms with E-state index in [2.05, 4.69) is 37.5 Å². The van der Waals surface area contributed by atoms with Gasteiger partial charge in [-0.15, -0.1) is 0 Å². The monoisotopic (exact) mass is 620 g/mol. The Morgan fingerprint density at radius 1 is 1.19 bits per heavy atom. The molecule has 43 heavy (non-hydrogen) atoms. The van der Waals surface area contributed by atoms with Crippen molar-refractivity contribution in [2.45, 2.75) is 20.8 Å². The number of carbonyl (C=O) groups excluding carboxylic acids is 3. The number of nitrogens with one attached hydrogen (secondary N) is 2.